The third kappa shape index (κ3) is 3.59. The summed E-state index contributed by atoms with van der Waals surface area (Å²) in [5.74, 6) is 2.40. The van der Waals surface area contributed by atoms with E-state index in [1.807, 2.05) is 32.9 Å². The van der Waals surface area contributed by atoms with Gasteiger partial charge in [0.2, 0.25) is 5.91 Å². The topological polar surface area (TPSA) is 42.2 Å². The van der Waals surface area contributed by atoms with Gasteiger partial charge in [-0.15, -0.1) is 0 Å². The van der Waals surface area contributed by atoms with Crippen LogP contribution in [0.3, 0.4) is 0 Å². The first kappa shape index (κ1) is 13.2. The van der Waals surface area contributed by atoms with E-state index in [4.69, 9.17) is 4.42 Å². The lowest BCUT2D eigenvalue weighted by Crippen LogP contribution is -2.36. The van der Waals surface area contributed by atoms with Crippen molar-refractivity contribution in [1.82, 2.24) is 5.32 Å². The van der Waals surface area contributed by atoms with Crippen LogP contribution in [-0.2, 0) is 10.2 Å². The predicted molar refractivity (Wildman–Crippen MR) is 68.0 cm³/mol. The van der Waals surface area contributed by atoms with Gasteiger partial charge in [0.25, 0.3) is 0 Å². The second-order valence-corrected chi connectivity index (χ2v) is 4.99. The molecular formula is C12H19NO2S. The van der Waals surface area contributed by atoms with Crippen molar-refractivity contribution >= 4 is 18.5 Å². The number of amides is 1. The van der Waals surface area contributed by atoms with Crippen molar-refractivity contribution in [1.29, 1.82) is 0 Å². The molecule has 0 aliphatic carbocycles. The minimum atomic E-state index is -0.180. The van der Waals surface area contributed by atoms with Gasteiger partial charge in [-0.1, -0.05) is 13.8 Å². The van der Waals surface area contributed by atoms with E-state index in [-0.39, 0.29) is 11.3 Å². The summed E-state index contributed by atoms with van der Waals surface area (Å²) in [5, 5.41) is 2.88. The molecule has 0 aliphatic rings. The molecule has 0 saturated carbocycles. The summed E-state index contributed by atoms with van der Waals surface area (Å²) in [7, 11) is 0. The summed E-state index contributed by atoms with van der Waals surface area (Å²) < 4.78 is 5.57. The molecule has 3 nitrogen and oxygen atoms in total. The van der Waals surface area contributed by atoms with Gasteiger partial charge < -0.3 is 9.73 Å². The molecule has 0 bridgehead atoms. The van der Waals surface area contributed by atoms with Crippen molar-refractivity contribution in [2.75, 3.05) is 12.3 Å². The van der Waals surface area contributed by atoms with Gasteiger partial charge in [0.05, 0.1) is 0 Å². The summed E-state index contributed by atoms with van der Waals surface area (Å²) in [6.45, 7) is 6.59. The summed E-state index contributed by atoms with van der Waals surface area (Å²) in [4.78, 5) is 11.3. The van der Waals surface area contributed by atoms with Crippen LogP contribution in [0.15, 0.2) is 16.5 Å². The summed E-state index contributed by atoms with van der Waals surface area (Å²) >= 11 is 4.02. The molecule has 1 aromatic heterocycles. The highest BCUT2D eigenvalue weighted by Gasteiger charge is 2.24. The lowest BCUT2D eigenvalue weighted by atomic mass is 9.90. The lowest BCUT2D eigenvalue weighted by molar-refractivity contribution is -0.120. The van der Waals surface area contributed by atoms with Crippen LogP contribution in [0.4, 0.5) is 0 Å². The zero-order valence-electron chi connectivity index (χ0n) is 10.0. The van der Waals surface area contributed by atoms with E-state index in [1.54, 1.807) is 0 Å². The number of rotatable bonds is 5. The number of carbonyl (C=O) groups is 1. The monoisotopic (exact) mass is 241 g/mol. The standard InChI is InChI=1S/C12H19NO2S/c1-9-4-5-10(15-9)12(2,3)8-13-11(14)6-7-16/h4-5,16H,6-8H2,1-3H3,(H,13,14). The number of hydrogen-bond acceptors (Lipinski definition) is 3. The highest BCUT2D eigenvalue weighted by atomic mass is 32.1. The van der Waals surface area contributed by atoms with Gasteiger partial charge in [-0.2, -0.15) is 12.6 Å². The molecule has 0 aromatic carbocycles. The van der Waals surface area contributed by atoms with E-state index < -0.39 is 0 Å². The molecule has 0 radical (unpaired) electrons. The molecule has 0 spiro atoms. The first-order chi connectivity index (χ1) is 7.45. The van der Waals surface area contributed by atoms with Crippen molar-refractivity contribution in [3.8, 4) is 0 Å². The number of furan rings is 1. The van der Waals surface area contributed by atoms with Crippen molar-refractivity contribution in [2.45, 2.75) is 32.6 Å². The Morgan fingerprint density at radius 2 is 2.19 bits per heavy atom. The molecule has 1 N–H and O–H groups in total. The minimum absolute atomic E-state index is 0.0337. The molecule has 4 heteroatoms. The molecule has 1 amide bonds. The zero-order valence-corrected chi connectivity index (χ0v) is 10.9. The van der Waals surface area contributed by atoms with Gasteiger partial charge in [0.1, 0.15) is 11.5 Å². The fourth-order valence-corrected chi connectivity index (χ4v) is 1.60. The molecule has 0 aliphatic heterocycles. The van der Waals surface area contributed by atoms with E-state index in [9.17, 15) is 4.79 Å². The quantitative estimate of drug-likeness (QED) is 0.777. The van der Waals surface area contributed by atoms with Gasteiger partial charge in [-0.25, -0.2) is 0 Å². The zero-order chi connectivity index (χ0) is 12.2. The molecule has 90 valence electrons. The Morgan fingerprint density at radius 3 is 2.69 bits per heavy atom. The van der Waals surface area contributed by atoms with Gasteiger partial charge in [-0.05, 0) is 24.8 Å². The van der Waals surface area contributed by atoms with E-state index in [0.29, 0.717) is 18.7 Å². The maximum absolute atomic E-state index is 11.3. The van der Waals surface area contributed by atoms with Crippen molar-refractivity contribution in [2.24, 2.45) is 0 Å². The molecule has 0 saturated heterocycles. The number of hydrogen-bond donors (Lipinski definition) is 2. The van der Waals surface area contributed by atoms with Crippen molar-refractivity contribution in [3.05, 3.63) is 23.7 Å². The molecule has 1 heterocycles. The van der Waals surface area contributed by atoms with E-state index in [1.165, 1.54) is 0 Å². The molecule has 0 atom stereocenters. The second-order valence-electron chi connectivity index (χ2n) is 4.54. The Hall–Kier alpha value is -0.900. The van der Waals surface area contributed by atoms with Crippen LogP contribution in [0, 0.1) is 6.92 Å². The molecule has 1 rings (SSSR count). The average molecular weight is 241 g/mol. The summed E-state index contributed by atoms with van der Waals surface area (Å²) in [6.07, 6.45) is 0.455. The van der Waals surface area contributed by atoms with Crippen molar-refractivity contribution in [3.63, 3.8) is 0 Å². The van der Waals surface area contributed by atoms with Gasteiger partial charge in [0.15, 0.2) is 0 Å². The van der Waals surface area contributed by atoms with E-state index in [2.05, 4.69) is 17.9 Å². The van der Waals surface area contributed by atoms with Crippen LogP contribution in [0.1, 0.15) is 31.8 Å². The van der Waals surface area contributed by atoms with Gasteiger partial charge in [0, 0.05) is 18.4 Å². The predicted octanol–water partition coefficient (Wildman–Crippen LogP) is 2.30. The van der Waals surface area contributed by atoms with E-state index in [0.717, 1.165) is 11.5 Å². The van der Waals surface area contributed by atoms with Crippen LogP contribution < -0.4 is 5.32 Å². The summed E-state index contributed by atoms with van der Waals surface area (Å²) in [6, 6.07) is 3.90. The van der Waals surface area contributed by atoms with Gasteiger partial charge >= 0.3 is 0 Å². The van der Waals surface area contributed by atoms with Crippen LogP contribution in [0.25, 0.3) is 0 Å². The maximum Gasteiger partial charge on any atom is 0.220 e. The first-order valence-electron chi connectivity index (χ1n) is 5.40. The SMILES string of the molecule is Cc1ccc(C(C)(C)CNC(=O)CCS)o1. The fraction of sp³-hybridized carbons (Fsp3) is 0.583. The Bertz CT molecular complexity index is 358. The Kier molecular flexibility index (Phi) is 4.47. The second kappa shape index (κ2) is 5.43. The smallest absolute Gasteiger partial charge is 0.220 e. The first-order valence-corrected chi connectivity index (χ1v) is 6.03. The van der Waals surface area contributed by atoms with E-state index >= 15 is 0 Å². The average Bonchev–Trinajstić information content (AvgIpc) is 2.63. The maximum atomic E-state index is 11.3. The summed E-state index contributed by atoms with van der Waals surface area (Å²) in [5.41, 5.74) is -0.180. The lowest BCUT2D eigenvalue weighted by Gasteiger charge is -2.22. The van der Waals surface area contributed by atoms with Crippen LogP contribution in [0.2, 0.25) is 0 Å². The third-order valence-electron chi connectivity index (χ3n) is 2.47. The Balaban J connectivity index is 2.55. The number of nitrogens with one attached hydrogen (secondary N) is 1. The normalized spacial score (nSPS) is 11.5. The van der Waals surface area contributed by atoms with Crippen LogP contribution in [0.5, 0.6) is 0 Å². The number of carbonyl (C=O) groups excluding carboxylic acids is 1. The van der Waals surface area contributed by atoms with Crippen LogP contribution in [-0.4, -0.2) is 18.2 Å². The number of aryl methyl sites for hydroxylation is 1. The molecular weight excluding hydrogens is 222 g/mol. The molecule has 1 aromatic rings. The Morgan fingerprint density at radius 1 is 1.50 bits per heavy atom. The highest BCUT2D eigenvalue weighted by molar-refractivity contribution is 7.80. The number of thiol groups is 1. The Labute approximate surface area is 102 Å². The minimum Gasteiger partial charge on any atom is -0.466 e. The molecule has 16 heavy (non-hydrogen) atoms. The molecule has 0 unspecified atom stereocenters. The van der Waals surface area contributed by atoms with Crippen LogP contribution >= 0.6 is 12.6 Å². The highest BCUT2D eigenvalue weighted by Crippen LogP contribution is 2.24. The molecule has 0 fully saturated rings. The third-order valence-corrected chi connectivity index (χ3v) is 2.70. The van der Waals surface area contributed by atoms with Crippen molar-refractivity contribution < 1.29 is 9.21 Å². The van der Waals surface area contributed by atoms with Gasteiger partial charge in [-0.3, -0.25) is 4.79 Å². The fourth-order valence-electron chi connectivity index (χ4n) is 1.39. The largest absolute Gasteiger partial charge is 0.466 e.